The second-order valence-electron chi connectivity index (χ2n) is 5.45. The third kappa shape index (κ3) is 6.03. The first-order valence-corrected chi connectivity index (χ1v) is 6.77. The summed E-state index contributed by atoms with van der Waals surface area (Å²) >= 11 is 0. The van der Waals surface area contributed by atoms with Gasteiger partial charge in [-0.1, -0.05) is 13.8 Å². The van der Waals surface area contributed by atoms with Gasteiger partial charge in [0.2, 0.25) is 5.91 Å². The molecule has 17 heavy (non-hydrogen) atoms. The summed E-state index contributed by atoms with van der Waals surface area (Å²) in [4.78, 5) is 13.9. The second-order valence-corrected chi connectivity index (χ2v) is 5.45. The molecule has 1 heterocycles. The van der Waals surface area contributed by atoms with Gasteiger partial charge in [0.1, 0.15) is 0 Å². The van der Waals surface area contributed by atoms with Crippen molar-refractivity contribution in [3.63, 3.8) is 0 Å². The van der Waals surface area contributed by atoms with E-state index in [-0.39, 0.29) is 5.91 Å². The highest BCUT2D eigenvalue weighted by molar-refractivity contribution is 5.77. The van der Waals surface area contributed by atoms with Crippen LogP contribution in [0.3, 0.4) is 0 Å². The molecule has 1 aliphatic rings. The molecule has 1 rings (SSSR count). The Kier molecular flexibility index (Phi) is 6.52. The summed E-state index contributed by atoms with van der Waals surface area (Å²) in [6.07, 6.45) is 3.55. The first-order valence-electron chi connectivity index (χ1n) is 6.77. The Labute approximate surface area is 105 Å². The van der Waals surface area contributed by atoms with Crippen molar-refractivity contribution in [2.75, 3.05) is 33.2 Å². The van der Waals surface area contributed by atoms with Crippen LogP contribution in [-0.2, 0) is 4.79 Å². The SMILES string of the molecule is CC(C)CNC(=O)CN(C)C1CCCNCC1. The Morgan fingerprint density at radius 2 is 2.18 bits per heavy atom. The van der Waals surface area contributed by atoms with Crippen molar-refractivity contribution < 1.29 is 4.79 Å². The molecule has 0 aromatic heterocycles. The number of hydrogen-bond acceptors (Lipinski definition) is 3. The van der Waals surface area contributed by atoms with Crippen LogP contribution in [0, 0.1) is 5.92 Å². The van der Waals surface area contributed by atoms with Crippen molar-refractivity contribution >= 4 is 5.91 Å². The molecule has 0 aromatic carbocycles. The minimum Gasteiger partial charge on any atom is -0.355 e. The van der Waals surface area contributed by atoms with Crippen LogP contribution >= 0.6 is 0 Å². The maximum Gasteiger partial charge on any atom is 0.234 e. The van der Waals surface area contributed by atoms with E-state index in [2.05, 4.69) is 36.4 Å². The minimum absolute atomic E-state index is 0.151. The van der Waals surface area contributed by atoms with E-state index in [0.717, 1.165) is 26.1 Å². The van der Waals surface area contributed by atoms with E-state index >= 15 is 0 Å². The quantitative estimate of drug-likeness (QED) is 0.749. The van der Waals surface area contributed by atoms with Gasteiger partial charge in [0, 0.05) is 12.6 Å². The fraction of sp³-hybridized carbons (Fsp3) is 0.923. The zero-order chi connectivity index (χ0) is 12.7. The van der Waals surface area contributed by atoms with Crippen LogP contribution in [0.1, 0.15) is 33.1 Å². The van der Waals surface area contributed by atoms with Gasteiger partial charge in [-0.3, -0.25) is 9.69 Å². The first kappa shape index (κ1) is 14.5. The number of nitrogens with zero attached hydrogens (tertiary/aromatic N) is 1. The van der Waals surface area contributed by atoms with Gasteiger partial charge in [0.05, 0.1) is 6.54 Å². The number of carbonyl (C=O) groups excluding carboxylic acids is 1. The van der Waals surface area contributed by atoms with Gasteiger partial charge in [-0.2, -0.15) is 0 Å². The molecule has 100 valence electrons. The van der Waals surface area contributed by atoms with E-state index in [1.165, 1.54) is 12.8 Å². The van der Waals surface area contributed by atoms with Crippen molar-refractivity contribution in [2.24, 2.45) is 5.92 Å². The predicted octanol–water partition coefficient (Wildman–Crippen LogP) is 0.833. The summed E-state index contributed by atoms with van der Waals surface area (Å²) in [6, 6.07) is 0.551. The third-order valence-electron chi connectivity index (χ3n) is 3.27. The van der Waals surface area contributed by atoms with Crippen molar-refractivity contribution in [2.45, 2.75) is 39.2 Å². The Balaban J connectivity index is 2.26. The Morgan fingerprint density at radius 3 is 2.88 bits per heavy atom. The fourth-order valence-corrected chi connectivity index (χ4v) is 2.17. The Morgan fingerprint density at radius 1 is 1.41 bits per heavy atom. The smallest absolute Gasteiger partial charge is 0.234 e. The van der Waals surface area contributed by atoms with Crippen LogP contribution in [0.2, 0.25) is 0 Å². The van der Waals surface area contributed by atoms with Crippen molar-refractivity contribution in [1.82, 2.24) is 15.5 Å². The van der Waals surface area contributed by atoms with Gasteiger partial charge in [-0.25, -0.2) is 0 Å². The monoisotopic (exact) mass is 241 g/mol. The second kappa shape index (κ2) is 7.67. The van der Waals surface area contributed by atoms with Gasteiger partial charge in [0.15, 0.2) is 0 Å². The molecule has 4 heteroatoms. The molecule has 2 N–H and O–H groups in total. The molecule has 0 bridgehead atoms. The van der Waals surface area contributed by atoms with Gasteiger partial charge in [0.25, 0.3) is 0 Å². The maximum absolute atomic E-state index is 11.7. The molecule has 1 fully saturated rings. The lowest BCUT2D eigenvalue weighted by Crippen LogP contribution is -2.41. The van der Waals surface area contributed by atoms with E-state index < -0.39 is 0 Å². The summed E-state index contributed by atoms with van der Waals surface area (Å²) < 4.78 is 0. The molecule has 0 aromatic rings. The molecule has 0 spiro atoms. The highest BCUT2D eigenvalue weighted by Gasteiger charge is 2.18. The van der Waals surface area contributed by atoms with Crippen molar-refractivity contribution in [3.8, 4) is 0 Å². The fourth-order valence-electron chi connectivity index (χ4n) is 2.17. The average molecular weight is 241 g/mol. The molecule has 1 saturated heterocycles. The molecule has 1 aliphatic heterocycles. The van der Waals surface area contributed by atoms with E-state index in [9.17, 15) is 4.79 Å². The van der Waals surface area contributed by atoms with Crippen LogP contribution in [0.25, 0.3) is 0 Å². The number of rotatable bonds is 5. The van der Waals surface area contributed by atoms with E-state index in [4.69, 9.17) is 0 Å². The van der Waals surface area contributed by atoms with Gasteiger partial charge in [-0.15, -0.1) is 0 Å². The Hall–Kier alpha value is -0.610. The molecular weight excluding hydrogens is 214 g/mol. The highest BCUT2D eigenvalue weighted by Crippen LogP contribution is 2.11. The summed E-state index contributed by atoms with van der Waals surface area (Å²) in [5.74, 6) is 0.671. The van der Waals surface area contributed by atoms with Gasteiger partial charge >= 0.3 is 0 Å². The largest absolute Gasteiger partial charge is 0.355 e. The topological polar surface area (TPSA) is 44.4 Å². The maximum atomic E-state index is 11.7. The molecule has 0 aliphatic carbocycles. The molecule has 4 nitrogen and oxygen atoms in total. The zero-order valence-electron chi connectivity index (χ0n) is 11.5. The number of carbonyl (C=O) groups is 1. The summed E-state index contributed by atoms with van der Waals surface area (Å²) in [6.45, 7) is 7.71. The number of nitrogens with one attached hydrogen (secondary N) is 2. The van der Waals surface area contributed by atoms with Crippen LogP contribution in [-0.4, -0.2) is 50.1 Å². The average Bonchev–Trinajstić information content (AvgIpc) is 2.54. The van der Waals surface area contributed by atoms with Crippen molar-refractivity contribution in [1.29, 1.82) is 0 Å². The number of hydrogen-bond donors (Lipinski definition) is 2. The van der Waals surface area contributed by atoms with Crippen LogP contribution < -0.4 is 10.6 Å². The molecule has 1 unspecified atom stereocenters. The molecule has 1 amide bonds. The lowest BCUT2D eigenvalue weighted by molar-refractivity contribution is -0.122. The first-order chi connectivity index (χ1) is 8.09. The zero-order valence-corrected chi connectivity index (χ0v) is 11.5. The van der Waals surface area contributed by atoms with Crippen molar-refractivity contribution in [3.05, 3.63) is 0 Å². The molecule has 1 atom stereocenters. The highest BCUT2D eigenvalue weighted by atomic mass is 16.2. The summed E-state index contributed by atoms with van der Waals surface area (Å²) in [7, 11) is 2.06. The van der Waals surface area contributed by atoms with E-state index in [1.807, 2.05) is 0 Å². The number of likely N-dealkylation sites (N-methyl/N-ethyl adjacent to an activating group) is 1. The van der Waals surface area contributed by atoms with Crippen LogP contribution in [0.15, 0.2) is 0 Å². The lowest BCUT2D eigenvalue weighted by Gasteiger charge is -2.26. The minimum atomic E-state index is 0.151. The predicted molar refractivity (Wildman–Crippen MR) is 71.0 cm³/mol. The Bertz CT molecular complexity index is 223. The van der Waals surface area contributed by atoms with Crippen LogP contribution in [0.5, 0.6) is 0 Å². The standard InChI is InChI=1S/C13H27N3O/c1-11(2)9-15-13(17)10-16(3)12-5-4-7-14-8-6-12/h11-12,14H,4-10H2,1-3H3,(H,15,17). The van der Waals surface area contributed by atoms with Gasteiger partial charge in [-0.05, 0) is 45.3 Å². The molecular formula is C13H27N3O. The third-order valence-corrected chi connectivity index (χ3v) is 3.27. The molecule has 0 radical (unpaired) electrons. The van der Waals surface area contributed by atoms with E-state index in [1.54, 1.807) is 0 Å². The molecule has 0 saturated carbocycles. The van der Waals surface area contributed by atoms with E-state index in [0.29, 0.717) is 18.5 Å². The number of amides is 1. The summed E-state index contributed by atoms with van der Waals surface area (Å²) in [5.41, 5.74) is 0. The summed E-state index contributed by atoms with van der Waals surface area (Å²) in [5, 5.41) is 6.37. The normalized spacial score (nSPS) is 21.6. The lowest BCUT2D eigenvalue weighted by atomic mass is 10.1. The van der Waals surface area contributed by atoms with Crippen LogP contribution in [0.4, 0.5) is 0 Å². The van der Waals surface area contributed by atoms with Gasteiger partial charge < -0.3 is 10.6 Å².